The molecule has 1 rings (SSSR count). The Labute approximate surface area is 143 Å². The van der Waals surface area contributed by atoms with Gasteiger partial charge in [-0.25, -0.2) is 4.99 Å². The molecule has 0 atom stereocenters. The first-order chi connectivity index (χ1) is 11.5. The van der Waals surface area contributed by atoms with E-state index in [0.29, 0.717) is 36.5 Å². The van der Waals surface area contributed by atoms with Crippen molar-refractivity contribution in [3.05, 3.63) is 23.8 Å². The molecule has 0 aliphatic carbocycles. The van der Waals surface area contributed by atoms with E-state index < -0.39 is 0 Å². The maximum absolute atomic E-state index is 11.5. The van der Waals surface area contributed by atoms with Gasteiger partial charge in [0.1, 0.15) is 0 Å². The van der Waals surface area contributed by atoms with Crippen LogP contribution in [-0.4, -0.2) is 38.7 Å². The molecule has 0 saturated heterocycles. The molecule has 134 valence electrons. The quantitative estimate of drug-likeness (QED) is 0.466. The minimum atomic E-state index is -0.169. The molecule has 0 radical (unpaired) electrons. The maximum Gasteiger partial charge on any atom is 0.257 e. The summed E-state index contributed by atoms with van der Waals surface area (Å²) in [6.07, 6.45) is 0. The summed E-state index contributed by atoms with van der Waals surface area (Å²) in [5, 5.41) is 5.74. The lowest BCUT2D eigenvalue weighted by Crippen LogP contribution is -2.34. The lowest BCUT2D eigenvalue weighted by molar-refractivity contribution is -0.123. The number of carbonyl (C=O) groups excluding carboxylic acids is 1. The number of hydrogen-bond acceptors (Lipinski definition) is 4. The van der Waals surface area contributed by atoms with Gasteiger partial charge in [-0.1, -0.05) is 19.9 Å². The van der Waals surface area contributed by atoms with Crippen LogP contribution >= 0.6 is 0 Å². The average molecular weight is 336 g/mol. The van der Waals surface area contributed by atoms with Crippen molar-refractivity contribution in [3.8, 4) is 11.5 Å². The van der Waals surface area contributed by atoms with Gasteiger partial charge in [-0.15, -0.1) is 0 Å². The number of ether oxygens (including phenoxy) is 2. The summed E-state index contributed by atoms with van der Waals surface area (Å²) in [6.45, 7) is 7.80. The van der Waals surface area contributed by atoms with Gasteiger partial charge in [0.2, 0.25) is 0 Å². The smallest absolute Gasteiger partial charge is 0.257 e. The van der Waals surface area contributed by atoms with Crippen molar-refractivity contribution < 1.29 is 14.3 Å². The van der Waals surface area contributed by atoms with Gasteiger partial charge in [-0.05, 0) is 30.5 Å². The summed E-state index contributed by atoms with van der Waals surface area (Å²) in [5.41, 5.74) is 6.75. The zero-order valence-electron chi connectivity index (χ0n) is 14.9. The molecule has 7 nitrogen and oxygen atoms in total. The number of rotatable bonds is 9. The van der Waals surface area contributed by atoms with Crippen molar-refractivity contribution in [3.63, 3.8) is 0 Å². The van der Waals surface area contributed by atoms with Crippen molar-refractivity contribution in [2.45, 2.75) is 27.3 Å². The van der Waals surface area contributed by atoms with Crippen LogP contribution in [0.25, 0.3) is 0 Å². The molecule has 0 saturated carbocycles. The summed E-state index contributed by atoms with van der Waals surface area (Å²) < 4.78 is 10.8. The Morgan fingerprint density at radius 2 is 2.04 bits per heavy atom. The van der Waals surface area contributed by atoms with Gasteiger partial charge < -0.3 is 25.8 Å². The summed E-state index contributed by atoms with van der Waals surface area (Å²) >= 11 is 0. The van der Waals surface area contributed by atoms with Crippen LogP contribution in [0, 0.1) is 5.92 Å². The second-order valence-electron chi connectivity index (χ2n) is 5.70. The Morgan fingerprint density at radius 3 is 2.67 bits per heavy atom. The fraction of sp³-hybridized carbons (Fsp3) is 0.529. The monoisotopic (exact) mass is 336 g/mol. The van der Waals surface area contributed by atoms with Crippen molar-refractivity contribution in [1.82, 2.24) is 10.6 Å². The van der Waals surface area contributed by atoms with E-state index in [-0.39, 0.29) is 12.5 Å². The third-order valence-corrected chi connectivity index (χ3v) is 3.08. The Morgan fingerprint density at radius 1 is 1.29 bits per heavy atom. The summed E-state index contributed by atoms with van der Waals surface area (Å²) in [6, 6.07) is 5.46. The third kappa shape index (κ3) is 7.21. The SMILES string of the molecule is CCNC(=O)COc1ccc(CN=C(N)NCC(C)C)cc1OC. The van der Waals surface area contributed by atoms with Gasteiger partial charge in [-0.3, -0.25) is 4.79 Å². The Hall–Kier alpha value is -2.44. The summed E-state index contributed by atoms with van der Waals surface area (Å²) in [4.78, 5) is 15.7. The molecule has 1 aromatic carbocycles. The van der Waals surface area contributed by atoms with Crippen LogP contribution < -0.4 is 25.8 Å². The van der Waals surface area contributed by atoms with Crippen molar-refractivity contribution in [2.24, 2.45) is 16.6 Å². The van der Waals surface area contributed by atoms with E-state index in [4.69, 9.17) is 15.2 Å². The number of methoxy groups -OCH3 is 1. The first-order valence-electron chi connectivity index (χ1n) is 8.06. The van der Waals surface area contributed by atoms with Gasteiger partial charge in [0.25, 0.3) is 5.91 Å². The number of benzene rings is 1. The van der Waals surface area contributed by atoms with E-state index in [1.807, 2.05) is 19.1 Å². The fourth-order valence-corrected chi connectivity index (χ4v) is 1.86. The molecule has 0 unspecified atom stereocenters. The third-order valence-electron chi connectivity index (χ3n) is 3.08. The molecular weight excluding hydrogens is 308 g/mol. The average Bonchev–Trinajstić information content (AvgIpc) is 2.56. The number of amides is 1. The van der Waals surface area contributed by atoms with Crippen LogP contribution in [0.2, 0.25) is 0 Å². The van der Waals surface area contributed by atoms with Gasteiger partial charge in [0.15, 0.2) is 24.1 Å². The second-order valence-corrected chi connectivity index (χ2v) is 5.70. The Kier molecular flexibility index (Phi) is 8.46. The van der Waals surface area contributed by atoms with Crippen molar-refractivity contribution in [2.75, 3.05) is 26.8 Å². The Bertz CT molecular complexity index is 559. The molecule has 7 heteroatoms. The number of nitrogens with two attached hydrogens (primary N) is 1. The molecule has 1 aromatic rings. The van der Waals surface area contributed by atoms with Crippen LogP contribution in [0.15, 0.2) is 23.2 Å². The maximum atomic E-state index is 11.5. The van der Waals surface area contributed by atoms with Gasteiger partial charge in [0, 0.05) is 13.1 Å². The number of aliphatic imine (C=N–C) groups is 1. The molecule has 0 spiro atoms. The molecule has 0 aromatic heterocycles. The van der Waals surface area contributed by atoms with E-state index in [1.165, 1.54) is 0 Å². The Balaban J connectivity index is 2.65. The minimum absolute atomic E-state index is 0.0478. The largest absolute Gasteiger partial charge is 0.493 e. The molecule has 24 heavy (non-hydrogen) atoms. The van der Waals surface area contributed by atoms with E-state index in [1.54, 1.807) is 13.2 Å². The molecule has 0 aliphatic heterocycles. The molecular formula is C17H28N4O3. The number of nitrogens with zero attached hydrogens (tertiary/aromatic N) is 1. The highest BCUT2D eigenvalue weighted by Gasteiger charge is 2.08. The number of hydrogen-bond donors (Lipinski definition) is 3. The van der Waals surface area contributed by atoms with E-state index in [9.17, 15) is 4.79 Å². The zero-order chi connectivity index (χ0) is 17.9. The van der Waals surface area contributed by atoms with Crippen molar-refractivity contribution in [1.29, 1.82) is 0 Å². The predicted molar refractivity (Wildman–Crippen MR) is 95.3 cm³/mol. The molecule has 0 bridgehead atoms. The highest BCUT2D eigenvalue weighted by molar-refractivity contribution is 5.78. The predicted octanol–water partition coefficient (Wildman–Crippen LogP) is 1.27. The fourth-order valence-electron chi connectivity index (χ4n) is 1.86. The highest BCUT2D eigenvalue weighted by atomic mass is 16.5. The standard InChI is InChI=1S/C17H28N4O3/c1-5-19-16(22)11-24-14-7-6-13(8-15(14)23-4)10-21-17(18)20-9-12(2)3/h6-8,12H,5,9-11H2,1-4H3,(H,19,22)(H3,18,20,21). The second kappa shape index (κ2) is 10.4. The van der Waals surface area contributed by atoms with Crippen LogP contribution in [0.5, 0.6) is 11.5 Å². The molecule has 4 N–H and O–H groups in total. The van der Waals surface area contributed by atoms with Crippen LogP contribution in [-0.2, 0) is 11.3 Å². The van der Waals surface area contributed by atoms with E-state index in [0.717, 1.165) is 12.1 Å². The van der Waals surface area contributed by atoms with Gasteiger partial charge in [0.05, 0.1) is 13.7 Å². The van der Waals surface area contributed by atoms with Crippen LogP contribution in [0.4, 0.5) is 0 Å². The highest BCUT2D eigenvalue weighted by Crippen LogP contribution is 2.28. The molecule has 0 aliphatic rings. The van der Waals surface area contributed by atoms with E-state index >= 15 is 0 Å². The number of guanidine groups is 1. The minimum Gasteiger partial charge on any atom is -0.493 e. The molecule has 0 fully saturated rings. The van der Waals surface area contributed by atoms with Crippen LogP contribution in [0.3, 0.4) is 0 Å². The molecule has 1 amide bonds. The summed E-state index contributed by atoms with van der Waals surface area (Å²) in [7, 11) is 1.56. The van der Waals surface area contributed by atoms with Gasteiger partial charge in [-0.2, -0.15) is 0 Å². The van der Waals surface area contributed by atoms with Crippen LogP contribution in [0.1, 0.15) is 26.3 Å². The number of carbonyl (C=O) groups is 1. The van der Waals surface area contributed by atoms with Gasteiger partial charge >= 0.3 is 0 Å². The lowest BCUT2D eigenvalue weighted by atomic mass is 10.2. The lowest BCUT2D eigenvalue weighted by Gasteiger charge is -2.12. The molecule has 0 heterocycles. The first-order valence-corrected chi connectivity index (χ1v) is 8.06. The number of nitrogens with one attached hydrogen (secondary N) is 2. The zero-order valence-corrected chi connectivity index (χ0v) is 14.9. The van der Waals surface area contributed by atoms with E-state index in [2.05, 4.69) is 29.5 Å². The topological polar surface area (TPSA) is 98.0 Å². The first kappa shape index (κ1) is 19.6. The van der Waals surface area contributed by atoms with Crippen molar-refractivity contribution >= 4 is 11.9 Å². The normalized spacial score (nSPS) is 11.3. The number of likely N-dealkylation sites (N-methyl/N-ethyl adjacent to an activating group) is 1. The summed E-state index contributed by atoms with van der Waals surface area (Å²) in [5.74, 6) is 1.82.